The lowest BCUT2D eigenvalue weighted by Crippen LogP contribution is -2.62. The third-order valence-electron chi connectivity index (χ3n) is 5.81. The van der Waals surface area contributed by atoms with Crippen LogP contribution in [0.5, 0.6) is 0 Å². The Kier molecular flexibility index (Phi) is 13.7. The molecule has 2 saturated heterocycles. The van der Waals surface area contributed by atoms with Gasteiger partial charge in [0.1, 0.15) is 12.1 Å². The standard InChI is InChI=1S/C20H42N8O4/c29-19(30)17(27-13-9-23-5-1-21-2-6-24-10-14-27)18(20(31)32)28-15-11-25-7-3-22-4-8-26-12-16-28/h17-18,21-26H,1-16H2,(H,29,30)(H,31,32). The molecule has 0 aliphatic carbocycles. The Morgan fingerprint density at radius 3 is 0.906 bits per heavy atom. The normalized spacial score (nSPS) is 24.6. The van der Waals surface area contributed by atoms with Crippen molar-refractivity contribution in [3.05, 3.63) is 0 Å². The SMILES string of the molecule is O=C(O)C(C(C(=O)O)N1CCNCCNCCNCC1)N1CCNCCNCCNCC1. The molecule has 2 unspecified atom stereocenters. The van der Waals surface area contributed by atoms with E-state index in [2.05, 4.69) is 31.9 Å². The Morgan fingerprint density at radius 2 is 0.688 bits per heavy atom. The second kappa shape index (κ2) is 16.3. The van der Waals surface area contributed by atoms with E-state index in [4.69, 9.17) is 0 Å². The van der Waals surface area contributed by atoms with Gasteiger partial charge >= 0.3 is 11.9 Å². The number of carboxylic acids is 2. The maximum atomic E-state index is 12.4. The summed E-state index contributed by atoms with van der Waals surface area (Å²) < 4.78 is 0. The molecular formula is C20H42N8O4. The first kappa shape index (κ1) is 26.9. The minimum absolute atomic E-state index is 0.471. The van der Waals surface area contributed by atoms with E-state index < -0.39 is 24.0 Å². The lowest BCUT2D eigenvalue weighted by atomic mass is 10.0. The number of rotatable bonds is 5. The number of nitrogens with zero attached hydrogens (tertiary/aromatic N) is 2. The molecule has 186 valence electrons. The smallest absolute Gasteiger partial charge is 0.323 e. The summed E-state index contributed by atoms with van der Waals surface area (Å²) in [6.45, 7) is 10.8. The first-order valence-electron chi connectivity index (χ1n) is 11.8. The second-order valence-electron chi connectivity index (χ2n) is 8.14. The number of hydrogen-bond acceptors (Lipinski definition) is 10. The van der Waals surface area contributed by atoms with E-state index in [0.29, 0.717) is 52.4 Å². The summed E-state index contributed by atoms with van der Waals surface area (Å²) in [7, 11) is 0. The number of aliphatic carboxylic acids is 2. The van der Waals surface area contributed by atoms with E-state index >= 15 is 0 Å². The molecule has 2 rings (SSSR count). The molecule has 2 fully saturated rings. The van der Waals surface area contributed by atoms with E-state index in [1.54, 1.807) is 9.80 Å². The van der Waals surface area contributed by atoms with Crippen molar-refractivity contribution in [2.45, 2.75) is 12.1 Å². The van der Waals surface area contributed by atoms with Crippen LogP contribution < -0.4 is 31.9 Å². The van der Waals surface area contributed by atoms with E-state index in [1.807, 2.05) is 0 Å². The van der Waals surface area contributed by atoms with Crippen LogP contribution in [-0.2, 0) is 9.59 Å². The fraction of sp³-hybridized carbons (Fsp3) is 0.900. The van der Waals surface area contributed by atoms with Crippen molar-refractivity contribution in [3.63, 3.8) is 0 Å². The fourth-order valence-corrected chi connectivity index (χ4v) is 4.11. The first-order chi connectivity index (χ1) is 15.6. The van der Waals surface area contributed by atoms with Gasteiger partial charge in [-0.2, -0.15) is 0 Å². The van der Waals surface area contributed by atoms with Crippen LogP contribution in [0.2, 0.25) is 0 Å². The van der Waals surface area contributed by atoms with Crippen LogP contribution in [0.1, 0.15) is 0 Å². The predicted octanol–water partition coefficient (Wildman–Crippen LogP) is -3.94. The highest BCUT2D eigenvalue weighted by atomic mass is 16.4. The van der Waals surface area contributed by atoms with Gasteiger partial charge in [0.25, 0.3) is 0 Å². The summed E-state index contributed by atoms with van der Waals surface area (Å²) in [5, 5.41) is 40.2. The van der Waals surface area contributed by atoms with Gasteiger partial charge in [-0.3, -0.25) is 19.4 Å². The maximum Gasteiger partial charge on any atom is 0.323 e. The maximum absolute atomic E-state index is 12.4. The molecule has 2 aliphatic rings. The van der Waals surface area contributed by atoms with Crippen molar-refractivity contribution in [2.75, 3.05) is 105 Å². The van der Waals surface area contributed by atoms with Crippen LogP contribution in [0.4, 0.5) is 0 Å². The van der Waals surface area contributed by atoms with Gasteiger partial charge in [0, 0.05) is 105 Å². The number of carboxylic acid groups (broad SMARTS) is 2. The number of nitrogens with one attached hydrogen (secondary N) is 6. The molecule has 0 aromatic heterocycles. The molecule has 0 amide bonds. The van der Waals surface area contributed by atoms with Gasteiger partial charge in [-0.05, 0) is 0 Å². The van der Waals surface area contributed by atoms with E-state index in [0.717, 1.165) is 52.4 Å². The number of carbonyl (C=O) groups is 2. The second-order valence-corrected chi connectivity index (χ2v) is 8.14. The Morgan fingerprint density at radius 1 is 0.469 bits per heavy atom. The zero-order valence-corrected chi connectivity index (χ0v) is 19.1. The highest BCUT2D eigenvalue weighted by Crippen LogP contribution is 2.13. The summed E-state index contributed by atoms with van der Waals surface area (Å²) in [5.41, 5.74) is 0. The lowest BCUT2D eigenvalue weighted by Gasteiger charge is -2.38. The molecule has 0 radical (unpaired) electrons. The Labute approximate surface area is 190 Å². The van der Waals surface area contributed by atoms with E-state index in [1.165, 1.54) is 0 Å². The topological polar surface area (TPSA) is 153 Å². The predicted molar refractivity (Wildman–Crippen MR) is 123 cm³/mol. The Bertz CT molecular complexity index is 472. The van der Waals surface area contributed by atoms with Crippen LogP contribution in [-0.4, -0.2) is 149 Å². The summed E-state index contributed by atoms with van der Waals surface area (Å²) in [5.74, 6) is -2.19. The lowest BCUT2D eigenvalue weighted by molar-refractivity contribution is -0.157. The van der Waals surface area contributed by atoms with Crippen molar-refractivity contribution in [1.82, 2.24) is 41.7 Å². The average molecular weight is 459 g/mol. The van der Waals surface area contributed by atoms with Gasteiger partial charge in [-0.25, -0.2) is 0 Å². The minimum Gasteiger partial charge on any atom is -0.480 e. The molecule has 12 heteroatoms. The van der Waals surface area contributed by atoms with Crippen LogP contribution >= 0.6 is 0 Å². The van der Waals surface area contributed by atoms with Crippen molar-refractivity contribution in [1.29, 1.82) is 0 Å². The quantitative estimate of drug-likeness (QED) is 0.203. The van der Waals surface area contributed by atoms with Crippen molar-refractivity contribution >= 4 is 11.9 Å². The minimum atomic E-state index is -1.13. The van der Waals surface area contributed by atoms with Crippen LogP contribution in [0, 0.1) is 0 Å². The Balaban J connectivity index is 2.16. The van der Waals surface area contributed by atoms with Gasteiger partial charge in [-0.15, -0.1) is 0 Å². The van der Waals surface area contributed by atoms with Gasteiger partial charge < -0.3 is 42.1 Å². The summed E-state index contributed by atoms with van der Waals surface area (Å²) in [6.07, 6.45) is 0. The average Bonchev–Trinajstić information content (AvgIpc) is 2.73. The van der Waals surface area contributed by atoms with E-state index in [9.17, 15) is 19.8 Å². The molecule has 0 spiro atoms. The molecule has 2 heterocycles. The van der Waals surface area contributed by atoms with Gasteiger partial charge in [0.2, 0.25) is 0 Å². The third kappa shape index (κ3) is 10.0. The molecule has 0 bridgehead atoms. The van der Waals surface area contributed by atoms with Crippen molar-refractivity contribution in [2.24, 2.45) is 0 Å². The largest absolute Gasteiger partial charge is 0.480 e. The molecule has 2 aliphatic heterocycles. The zero-order chi connectivity index (χ0) is 23.0. The van der Waals surface area contributed by atoms with Crippen LogP contribution in [0.25, 0.3) is 0 Å². The van der Waals surface area contributed by atoms with Crippen molar-refractivity contribution < 1.29 is 19.8 Å². The van der Waals surface area contributed by atoms with Crippen LogP contribution in [0.15, 0.2) is 0 Å². The first-order valence-corrected chi connectivity index (χ1v) is 11.8. The number of hydrogen-bond donors (Lipinski definition) is 8. The van der Waals surface area contributed by atoms with Gasteiger partial charge in [-0.1, -0.05) is 0 Å². The van der Waals surface area contributed by atoms with Crippen LogP contribution in [0.3, 0.4) is 0 Å². The zero-order valence-electron chi connectivity index (χ0n) is 19.1. The van der Waals surface area contributed by atoms with Gasteiger partial charge in [0.05, 0.1) is 0 Å². The molecule has 2 atom stereocenters. The van der Waals surface area contributed by atoms with E-state index in [-0.39, 0.29) is 0 Å². The summed E-state index contributed by atoms with van der Waals surface area (Å²) >= 11 is 0. The molecule has 0 aromatic rings. The van der Waals surface area contributed by atoms with Crippen molar-refractivity contribution in [3.8, 4) is 0 Å². The summed E-state index contributed by atoms with van der Waals surface area (Å²) in [4.78, 5) is 28.4. The van der Waals surface area contributed by atoms with Gasteiger partial charge in [0.15, 0.2) is 0 Å². The highest BCUT2D eigenvalue weighted by molar-refractivity contribution is 5.85. The highest BCUT2D eigenvalue weighted by Gasteiger charge is 2.41. The fourth-order valence-electron chi connectivity index (χ4n) is 4.11. The molecular weight excluding hydrogens is 416 g/mol. The molecule has 0 aromatic carbocycles. The molecule has 32 heavy (non-hydrogen) atoms. The molecule has 12 nitrogen and oxygen atoms in total. The Hall–Kier alpha value is -1.38. The summed E-state index contributed by atoms with van der Waals surface area (Å²) in [6, 6.07) is -2.27. The molecule has 8 N–H and O–H groups in total. The third-order valence-corrected chi connectivity index (χ3v) is 5.81. The molecule has 0 saturated carbocycles. The monoisotopic (exact) mass is 458 g/mol.